The Hall–Kier alpha value is -0.910. The first-order valence-electron chi connectivity index (χ1n) is 5.58. The third-order valence-electron chi connectivity index (χ3n) is 2.82. The largest absolute Gasteiger partial charge is 0.347 e. The SMILES string of the molecule is C=CC(=O)N[C@H]1CN(CCN(C)C)C[C@H]1N. The first kappa shape index (κ1) is 13.2. The zero-order valence-corrected chi connectivity index (χ0v) is 10.1. The summed E-state index contributed by atoms with van der Waals surface area (Å²) in [5, 5.41) is 2.86. The molecule has 0 aromatic rings. The van der Waals surface area contributed by atoms with Gasteiger partial charge in [-0.1, -0.05) is 6.58 Å². The number of carbonyl (C=O) groups excluding carboxylic acids is 1. The fourth-order valence-electron chi connectivity index (χ4n) is 1.83. The Balaban J connectivity index is 2.35. The monoisotopic (exact) mass is 226 g/mol. The van der Waals surface area contributed by atoms with E-state index in [0.29, 0.717) is 0 Å². The van der Waals surface area contributed by atoms with Crippen LogP contribution in [-0.2, 0) is 4.79 Å². The predicted octanol–water partition coefficient (Wildman–Crippen LogP) is -1.14. The van der Waals surface area contributed by atoms with Crippen LogP contribution in [0.2, 0.25) is 0 Å². The Bertz CT molecular complexity index is 254. The van der Waals surface area contributed by atoms with Gasteiger partial charge in [0.1, 0.15) is 0 Å². The highest BCUT2D eigenvalue weighted by atomic mass is 16.1. The minimum atomic E-state index is -0.144. The van der Waals surface area contributed by atoms with Crippen LogP contribution in [0.15, 0.2) is 12.7 Å². The maximum absolute atomic E-state index is 11.2. The van der Waals surface area contributed by atoms with Gasteiger partial charge >= 0.3 is 0 Å². The molecule has 92 valence electrons. The summed E-state index contributed by atoms with van der Waals surface area (Å²) in [6.07, 6.45) is 1.29. The van der Waals surface area contributed by atoms with Crippen LogP contribution in [0.1, 0.15) is 0 Å². The zero-order valence-electron chi connectivity index (χ0n) is 10.1. The molecular weight excluding hydrogens is 204 g/mol. The fourth-order valence-corrected chi connectivity index (χ4v) is 1.83. The van der Waals surface area contributed by atoms with Crippen LogP contribution in [0.4, 0.5) is 0 Å². The average Bonchev–Trinajstić information content (AvgIpc) is 2.56. The van der Waals surface area contributed by atoms with Gasteiger partial charge in [-0.3, -0.25) is 9.69 Å². The molecule has 1 rings (SSSR count). The van der Waals surface area contributed by atoms with Gasteiger partial charge in [-0.2, -0.15) is 0 Å². The van der Waals surface area contributed by atoms with Crippen LogP contribution < -0.4 is 11.1 Å². The Morgan fingerprint density at radius 3 is 2.88 bits per heavy atom. The number of nitrogens with one attached hydrogen (secondary N) is 1. The van der Waals surface area contributed by atoms with Crippen LogP contribution in [0, 0.1) is 0 Å². The van der Waals surface area contributed by atoms with Gasteiger partial charge in [0, 0.05) is 32.2 Å². The van der Waals surface area contributed by atoms with Gasteiger partial charge in [0.2, 0.25) is 5.91 Å². The first-order chi connectivity index (χ1) is 7.52. The third kappa shape index (κ3) is 3.92. The normalized spacial score (nSPS) is 26.0. The highest BCUT2D eigenvalue weighted by Crippen LogP contribution is 2.07. The van der Waals surface area contributed by atoms with E-state index in [0.717, 1.165) is 26.2 Å². The molecule has 3 N–H and O–H groups in total. The summed E-state index contributed by atoms with van der Waals surface area (Å²) in [6.45, 7) is 7.10. The van der Waals surface area contributed by atoms with Crippen LogP contribution in [-0.4, -0.2) is 68.1 Å². The fraction of sp³-hybridized carbons (Fsp3) is 0.727. The standard InChI is InChI=1S/C11H22N4O/c1-4-11(16)13-10-8-15(7-9(10)12)6-5-14(2)3/h4,9-10H,1,5-8,12H2,2-3H3,(H,13,16)/t9-,10+/m1/s1. The molecule has 0 spiro atoms. The van der Waals surface area contributed by atoms with Crippen molar-refractivity contribution in [2.24, 2.45) is 5.73 Å². The van der Waals surface area contributed by atoms with E-state index in [1.807, 2.05) is 14.1 Å². The second kappa shape index (κ2) is 5.98. The molecule has 0 aliphatic carbocycles. The van der Waals surface area contributed by atoms with E-state index in [-0.39, 0.29) is 18.0 Å². The number of nitrogens with two attached hydrogens (primary N) is 1. The van der Waals surface area contributed by atoms with Crippen LogP contribution >= 0.6 is 0 Å². The Kier molecular flexibility index (Phi) is 4.92. The van der Waals surface area contributed by atoms with Crippen molar-refractivity contribution in [2.75, 3.05) is 40.3 Å². The highest BCUT2D eigenvalue weighted by Gasteiger charge is 2.30. The summed E-state index contributed by atoms with van der Waals surface area (Å²) in [4.78, 5) is 15.6. The average molecular weight is 226 g/mol. The number of nitrogens with zero attached hydrogens (tertiary/aromatic N) is 2. The molecule has 0 aromatic carbocycles. The summed E-state index contributed by atoms with van der Waals surface area (Å²) in [5.41, 5.74) is 5.97. The molecule has 1 fully saturated rings. The van der Waals surface area contributed by atoms with E-state index in [1.54, 1.807) is 0 Å². The molecule has 0 radical (unpaired) electrons. The van der Waals surface area contributed by atoms with E-state index in [2.05, 4.69) is 21.7 Å². The molecule has 1 saturated heterocycles. The maximum atomic E-state index is 11.2. The van der Waals surface area contributed by atoms with Crippen molar-refractivity contribution in [1.82, 2.24) is 15.1 Å². The van der Waals surface area contributed by atoms with E-state index in [1.165, 1.54) is 6.08 Å². The zero-order chi connectivity index (χ0) is 12.1. The van der Waals surface area contributed by atoms with Crippen LogP contribution in [0.25, 0.3) is 0 Å². The molecule has 16 heavy (non-hydrogen) atoms. The number of carbonyl (C=O) groups is 1. The number of hydrogen-bond acceptors (Lipinski definition) is 4. The second-order valence-electron chi connectivity index (χ2n) is 4.55. The minimum absolute atomic E-state index is 0.0195. The molecule has 5 heteroatoms. The molecule has 1 aliphatic heterocycles. The van der Waals surface area contributed by atoms with Crippen molar-refractivity contribution in [1.29, 1.82) is 0 Å². The number of likely N-dealkylation sites (tertiary alicyclic amines) is 1. The predicted molar refractivity (Wildman–Crippen MR) is 65.1 cm³/mol. The topological polar surface area (TPSA) is 61.6 Å². The van der Waals surface area contributed by atoms with E-state index in [9.17, 15) is 4.79 Å². The Morgan fingerprint density at radius 1 is 1.62 bits per heavy atom. The number of rotatable bonds is 5. The molecular formula is C11H22N4O. The van der Waals surface area contributed by atoms with Gasteiger partial charge in [0.05, 0.1) is 6.04 Å². The van der Waals surface area contributed by atoms with Gasteiger partial charge in [-0.25, -0.2) is 0 Å². The first-order valence-corrected chi connectivity index (χ1v) is 5.58. The third-order valence-corrected chi connectivity index (χ3v) is 2.82. The van der Waals surface area contributed by atoms with Gasteiger partial charge in [0.15, 0.2) is 0 Å². The molecule has 1 amide bonds. The molecule has 1 aliphatic rings. The molecule has 0 aromatic heterocycles. The summed E-state index contributed by atoms with van der Waals surface area (Å²) in [5.74, 6) is -0.144. The van der Waals surface area contributed by atoms with Crippen molar-refractivity contribution >= 4 is 5.91 Å². The van der Waals surface area contributed by atoms with Gasteiger partial charge in [0.25, 0.3) is 0 Å². The lowest BCUT2D eigenvalue weighted by atomic mass is 10.2. The van der Waals surface area contributed by atoms with Crippen molar-refractivity contribution in [2.45, 2.75) is 12.1 Å². The summed E-state index contributed by atoms with van der Waals surface area (Å²) in [6, 6.07) is 0.0683. The second-order valence-corrected chi connectivity index (χ2v) is 4.55. The summed E-state index contributed by atoms with van der Waals surface area (Å²) >= 11 is 0. The van der Waals surface area contributed by atoms with Crippen LogP contribution in [0.3, 0.4) is 0 Å². The van der Waals surface area contributed by atoms with Crippen molar-refractivity contribution in [3.8, 4) is 0 Å². The Morgan fingerprint density at radius 2 is 2.31 bits per heavy atom. The van der Waals surface area contributed by atoms with Gasteiger partial charge in [-0.15, -0.1) is 0 Å². The van der Waals surface area contributed by atoms with Crippen molar-refractivity contribution < 1.29 is 4.79 Å². The van der Waals surface area contributed by atoms with E-state index >= 15 is 0 Å². The quantitative estimate of drug-likeness (QED) is 0.582. The Labute approximate surface area is 97.3 Å². The lowest BCUT2D eigenvalue weighted by Gasteiger charge is -2.18. The highest BCUT2D eigenvalue weighted by molar-refractivity contribution is 5.87. The smallest absolute Gasteiger partial charge is 0.243 e. The molecule has 0 bridgehead atoms. The minimum Gasteiger partial charge on any atom is -0.347 e. The van der Waals surface area contributed by atoms with E-state index < -0.39 is 0 Å². The summed E-state index contributed by atoms with van der Waals surface area (Å²) in [7, 11) is 4.10. The molecule has 5 nitrogen and oxygen atoms in total. The maximum Gasteiger partial charge on any atom is 0.243 e. The molecule has 0 unspecified atom stereocenters. The summed E-state index contributed by atoms with van der Waals surface area (Å²) < 4.78 is 0. The van der Waals surface area contributed by atoms with Gasteiger partial charge in [-0.05, 0) is 20.2 Å². The van der Waals surface area contributed by atoms with Crippen molar-refractivity contribution in [3.63, 3.8) is 0 Å². The molecule has 1 heterocycles. The lowest BCUT2D eigenvalue weighted by molar-refractivity contribution is -0.117. The van der Waals surface area contributed by atoms with Crippen molar-refractivity contribution in [3.05, 3.63) is 12.7 Å². The number of likely N-dealkylation sites (N-methyl/N-ethyl adjacent to an activating group) is 1. The molecule has 0 saturated carbocycles. The number of amides is 1. The number of hydrogen-bond donors (Lipinski definition) is 2. The van der Waals surface area contributed by atoms with E-state index in [4.69, 9.17) is 5.73 Å². The lowest BCUT2D eigenvalue weighted by Crippen LogP contribution is -2.46. The van der Waals surface area contributed by atoms with Gasteiger partial charge < -0.3 is 16.0 Å². The van der Waals surface area contributed by atoms with Crippen LogP contribution in [0.5, 0.6) is 0 Å². The molecule has 2 atom stereocenters.